The first-order valence-corrected chi connectivity index (χ1v) is 9.20. The number of hydrogen-bond donors (Lipinski definition) is 0. The van der Waals surface area contributed by atoms with Gasteiger partial charge in [0.25, 0.3) is 5.91 Å². The number of piperidine rings is 1. The maximum atomic E-state index is 12.9. The van der Waals surface area contributed by atoms with Gasteiger partial charge in [0.2, 0.25) is 5.91 Å². The number of hydrogen-bond acceptors (Lipinski definition) is 3. The largest absolute Gasteiger partial charge is 0.459 e. The third-order valence-electron chi connectivity index (χ3n) is 5.14. The lowest BCUT2D eigenvalue weighted by molar-refractivity contribution is -0.137. The van der Waals surface area contributed by atoms with Gasteiger partial charge in [0.15, 0.2) is 5.76 Å². The van der Waals surface area contributed by atoms with Crippen LogP contribution in [0.15, 0.2) is 47.1 Å². The van der Waals surface area contributed by atoms with Crippen LogP contribution in [0.5, 0.6) is 0 Å². The fourth-order valence-corrected chi connectivity index (χ4v) is 3.46. The Morgan fingerprint density at radius 1 is 1.19 bits per heavy atom. The Balaban J connectivity index is 1.57. The minimum atomic E-state index is -0.108. The molecule has 26 heavy (non-hydrogen) atoms. The second kappa shape index (κ2) is 7.96. The molecule has 0 radical (unpaired) electrons. The van der Waals surface area contributed by atoms with E-state index >= 15 is 0 Å². The number of likely N-dealkylation sites (tertiary alicyclic amines) is 1. The normalized spacial score (nSPS) is 16.3. The van der Waals surface area contributed by atoms with Crippen molar-refractivity contribution in [3.05, 3.63) is 59.0 Å². The lowest BCUT2D eigenvalue weighted by atomic mass is 9.94. The van der Waals surface area contributed by atoms with Crippen LogP contribution in [0.2, 0.25) is 5.02 Å². The summed E-state index contributed by atoms with van der Waals surface area (Å²) in [5.41, 5.74) is 1.05. The van der Waals surface area contributed by atoms with Gasteiger partial charge in [0.1, 0.15) is 0 Å². The molecule has 138 valence electrons. The Morgan fingerprint density at radius 3 is 2.42 bits per heavy atom. The van der Waals surface area contributed by atoms with E-state index < -0.39 is 0 Å². The maximum Gasteiger partial charge on any atom is 0.289 e. The van der Waals surface area contributed by atoms with Gasteiger partial charge in [0, 0.05) is 31.1 Å². The second-order valence-corrected chi connectivity index (χ2v) is 7.16. The van der Waals surface area contributed by atoms with E-state index in [2.05, 4.69) is 0 Å². The minimum absolute atomic E-state index is 0.0254. The summed E-state index contributed by atoms with van der Waals surface area (Å²) < 4.78 is 5.17. The number of amides is 2. The molecule has 1 aliphatic rings. The van der Waals surface area contributed by atoms with Gasteiger partial charge in [-0.15, -0.1) is 0 Å². The fraction of sp³-hybridized carbons (Fsp3) is 0.400. The molecule has 1 fully saturated rings. The summed E-state index contributed by atoms with van der Waals surface area (Å²) in [7, 11) is 1.84. The van der Waals surface area contributed by atoms with Gasteiger partial charge in [0.05, 0.1) is 12.3 Å². The van der Waals surface area contributed by atoms with Gasteiger partial charge in [-0.25, -0.2) is 0 Å². The van der Waals surface area contributed by atoms with Crippen LogP contribution in [-0.4, -0.2) is 41.8 Å². The van der Waals surface area contributed by atoms with Crippen LogP contribution >= 0.6 is 11.6 Å². The molecule has 1 aromatic carbocycles. The van der Waals surface area contributed by atoms with Crippen LogP contribution in [0.4, 0.5) is 0 Å². The molecule has 1 aliphatic heterocycles. The van der Waals surface area contributed by atoms with Gasteiger partial charge >= 0.3 is 0 Å². The third-order valence-corrected chi connectivity index (χ3v) is 5.40. The van der Waals surface area contributed by atoms with Crippen molar-refractivity contribution < 1.29 is 14.0 Å². The summed E-state index contributed by atoms with van der Waals surface area (Å²) >= 11 is 5.94. The van der Waals surface area contributed by atoms with E-state index in [1.54, 1.807) is 21.9 Å². The molecule has 1 aromatic heterocycles. The highest BCUT2D eigenvalue weighted by atomic mass is 35.5. The molecule has 0 bridgehead atoms. The SMILES string of the molecule is CC(c1ccc(Cl)cc1)N(C)C(=O)C1CCN(C(=O)c2ccco2)CC1. The molecule has 0 aliphatic carbocycles. The molecule has 1 unspecified atom stereocenters. The summed E-state index contributed by atoms with van der Waals surface area (Å²) in [4.78, 5) is 28.7. The van der Waals surface area contributed by atoms with Crippen LogP contribution in [-0.2, 0) is 4.79 Å². The Kier molecular flexibility index (Phi) is 5.67. The van der Waals surface area contributed by atoms with Gasteiger partial charge < -0.3 is 14.2 Å². The Morgan fingerprint density at radius 2 is 1.85 bits per heavy atom. The molecule has 2 heterocycles. The van der Waals surface area contributed by atoms with Crippen molar-refractivity contribution in [2.75, 3.05) is 20.1 Å². The third kappa shape index (κ3) is 3.93. The van der Waals surface area contributed by atoms with Gasteiger partial charge in [-0.1, -0.05) is 23.7 Å². The van der Waals surface area contributed by atoms with E-state index in [0.29, 0.717) is 36.7 Å². The number of nitrogens with zero attached hydrogens (tertiary/aromatic N) is 2. The summed E-state index contributed by atoms with van der Waals surface area (Å²) in [6, 6.07) is 10.9. The summed E-state index contributed by atoms with van der Waals surface area (Å²) in [6.45, 7) is 3.15. The van der Waals surface area contributed by atoms with Crippen molar-refractivity contribution in [2.45, 2.75) is 25.8 Å². The van der Waals surface area contributed by atoms with Crippen LogP contribution < -0.4 is 0 Å². The van der Waals surface area contributed by atoms with Gasteiger partial charge in [-0.05, 0) is 49.6 Å². The Bertz CT molecular complexity index is 750. The lowest BCUT2D eigenvalue weighted by Gasteiger charge is -2.34. The fourth-order valence-electron chi connectivity index (χ4n) is 3.33. The van der Waals surface area contributed by atoms with Crippen LogP contribution in [0.1, 0.15) is 41.9 Å². The number of furan rings is 1. The average Bonchev–Trinajstić information content (AvgIpc) is 3.21. The summed E-state index contributed by atoms with van der Waals surface area (Å²) in [5, 5.41) is 0.684. The average molecular weight is 375 g/mol. The monoisotopic (exact) mass is 374 g/mol. The zero-order valence-corrected chi connectivity index (χ0v) is 15.8. The second-order valence-electron chi connectivity index (χ2n) is 6.72. The van der Waals surface area contributed by atoms with Crippen molar-refractivity contribution >= 4 is 23.4 Å². The van der Waals surface area contributed by atoms with Crippen LogP contribution in [0.3, 0.4) is 0 Å². The highest BCUT2D eigenvalue weighted by molar-refractivity contribution is 6.30. The van der Waals surface area contributed by atoms with Crippen molar-refractivity contribution in [3.8, 4) is 0 Å². The van der Waals surface area contributed by atoms with Crippen molar-refractivity contribution in [2.24, 2.45) is 5.92 Å². The number of benzene rings is 1. The molecular weight excluding hydrogens is 352 g/mol. The first-order chi connectivity index (χ1) is 12.5. The standard InChI is InChI=1S/C20H23ClN2O3/c1-14(15-5-7-17(21)8-6-15)22(2)19(24)16-9-11-23(12-10-16)20(25)18-4-3-13-26-18/h3-8,13-14,16H,9-12H2,1-2H3. The molecule has 0 spiro atoms. The zero-order chi connectivity index (χ0) is 18.7. The molecule has 0 saturated carbocycles. The lowest BCUT2D eigenvalue weighted by Crippen LogP contribution is -2.43. The van der Waals surface area contributed by atoms with Crippen molar-refractivity contribution in [3.63, 3.8) is 0 Å². The van der Waals surface area contributed by atoms with Crippen molar-refractivity contribution in [1.29, 1.82) is 0 Å². The molecule has 0 N–H and O–H groups in total. The molecule has 3 rings (SSSR count). The smallest absolute Gasteiger partial charge is 0.289 e. The predicted molar refractivity (Wildman–Crippen MR) is 100.0 cm³/mol. The number of halogens is 1. The quantitative estimate of drug-likeness (QED) is 0.812. The van der Waals surface area contributed by atoms with E-state index in [9.17, 15) is 9.59 Å². The first-order valence-electron chi connectivity index (χ1n) is 8.82. The van der Waals surface area contributed by atoms with E-state index in [0.717, 1.165) is 5.56 Å². The number of carbonyl (C=O) groups excluding carboxylic acids is 2. The molecule has 1 saturated heterocycles. The highest BCUT2D eigenvalue weighted by Crippen LogP contribution is 2.26. The van der Waals surface area contributed by atoms with Crippen molar-refractivity contribution in [1.82, 2.24) is 9.80 Å². The maximum absolute atomic E-state index is 12.9. The van der Waals surface area contributed by atoms with Gasteiger partial charge in [-0.2, -0.15) is 0 Å². The van der Waals surface area contributed by atoms with E-state index in [4.69, 9.17) is 16.0 Å². The summed E-state index contributed by atoms with van der Waals surface area (Å²) in [5.74, 6) is 0.306. The topological polar surface area (TPSA) is 53.8 Å². The summed E-state index contributed by atoms with van der Waals surface area (Å²) in [6.07, 6.45) is 2.84. The molecule has 6 heteroatoms. The number of rotatable bonds is 4. The molecule has 2 aromatic rings. The molecule has 1 atom stereocenters. The number of carbonyl (C=O) groups is 2. The Hall–Kier alpha value is -2.27. The van der Waals surface area contributed by atoms with Crippen LogP contribution in [0.25, 0.3) is 0 Å². The predicted octanol–water partition coefficient (Wildman–Crippen LogP) is 4.00. The van der Waals surface area contributed by atoms with Crippen LogP contribution in [0, 0.1) is 5.92 Å². The van der Waals surface area contributed by atoms with E-state index in [-0.39, 0.29) is 23.8 Å². The minimum Gasteiger partial charge on any atom is -0.459 e. The first kappa shape index (κ1) is 18.5. The highest BCUT2D eigenvalue weighted by Gasteiger charge is 2.31. The van der Waals surface area contributed by atoms with E-state index in [1.807, 2.05) is 38.2 Å². The molecular formula is C20H23ClN2O3. The zero-order valence-electron chi connectivity index (χ0n) is 15.0. The van der Waals surface area contributed by atoms with Gasteiger partial charge in [-0.3, -0.25) is 9.59 Å². The molecule has 5 nitrogen and oxygen atoms in total. The molecule has 2 amide bonds. The Labute approximate surface area is 158 Å². The van der Waals surface area contributed by atoms with E-state index in [1.165, 1.54) is 6.26 Å².